The fourth-order valence-electron chi connectivity index (χ4n) is 2.67. The Morgan fingerprint density at radius 1 is 1.27 bits per heavy atom. The van der Waals surface area contributed by atoms with E-state index in [2.05, 4.69) is 28.5 Å². The fourth-order valence-corrected chi connectivity index (χ4v) is 4.17. The van der Waals surface area contributed by atoms with Gasteiger partial charge in [0, 0.05) is 44.0 Å². The molecule has 15 heavy (non-hydrogen) atoms. The smallest absolute Gasteiger partial charge is 0.0430 e. The van der Waals surface area contributed by atoms with Gasteiger partial charge in [0.2, 0.25) is 0 Å². The summed E-state index contributed by atoms with van der Waals surface area (Å²) in [6.07, 6.45) is 1.29. The van der Waals surface area contributed by atoms with Gasteiger partial charge in [0.05, 0.1) is 0 Å². The van der Waals surface area contributed by atoms with Crippen LogP contribution in [0.2, 0.25) is 0 Å². The van der Waals surface area contributed by atoms with Crippen LogP contribution in [-0.2, 0) is 0 Å². The van der Waals surface area contributed by atoms with E-state index in [1.807, 2.05) is 0 Å². The van der Waals surface area contributed by atoms with Crippen LogP contribution in [0, 0.1) is 0 Å². The van der Waals surface area contributed by atoms with Crippen LogP contribution in [0.3, 0.4) is 0 Å². The van der Waals surface area contributed by atoms with E-state index >= 15 is 0 Å². The van der Waals surface area contributed by atoms with Gasteiger partial charge in [-0.15, -0.1) is 0 Å². The Morgan fingerprint density at radius 3 is 2.47 bits per heavy atom. The Hall–Kier alpha value is 0.230. The zero-order chi connectivity index (χ0) is 10.7. The highest BCUT2D eigenvalue weighted by Crippen LogP contribution is 2.33. The molecule has 2 heterocycles. The number of likely N-dealkylation sites (N-methyl/N-ethyl adjacent to an activating group) is 1. The van der Waals surface area contributed by atoms with Gasteiger partial charge in [-0.2, -0.15) is 11.8 Å². The molecule has 0 bridgehead atoms. The van der Waals surface area contributed by atoms with E-state index in [-0.39, 0.29) is 0 Å². The van der Waals surface area contributed by atoms with E-state index < -0.39 is 0 Å². The molecule has 0 spiro atoms. The van der Waals surface area contributed by atoms with Crippen molar-refractivity contribution in [1.82, 2.24) is 9.80 Å². The molecular weight excluding hydrogens is 206 g/mol. The predicted molar refractivity (Wildman–Crippen MR) is 67.4 cm³/mol. The first-order valence-corrected chi connectivity index (χ1v) is 7.21. The third-order valence-corrected chi connectivity index (χ3v) is 5.19. The second-order valence-corrected chi connectivity index (χ2v) is 5.76. The third-order valence-electron chi connectivity index (χ3n) is 3.95. The van der Waals surface area contributed by atoms with Crippen LogP contribution < -0.4 is 5.73 Å². The number of hydrogen-bond acceptors (Lipinski definition) is 4. The van der Waals surface area contributed by atoms with Crippen LogP contribution in [0.5, 0.6) is 0 Å². The molecule has 3 nitrogen and oxygen atoms in total. The Morgan fingerprint density at radius 2 is 2.00 bits per heavy atom. The Bertz CT molecular complexity index is 196. The number of thioether (sulfide) groups is 1. The van der Waals surface area contributed by atoms with E-state index in [9.17, 15) is 0 Å². The molecule has 0 aromatic rings. The molecule has 2 saturated heterocycles. The van der Waals surface area contributed by atoms with Gasteiger partial charge in [0.1, 0.15) is 0 Å². The second kappa shape index (κ2) is 5.04. The maximum Gasteiger partial charge on any atom is 0.0430 e. The molecule has 2 rings (SSSR count). The topological polar surface area (TPSA) is 32.5 Å². The van der Waals surface area contributed by atoms with Crippen molar-refractivity contribution >= 4 is 11.8 Å². The monoisotopic (exact) mass is 229 g/mol. The van der Waals surface area contributed by atoms with Gasteiger partial charge in [-0.05, 0) is 18.7 Å². The molecule has 0 saturated carbocycles. The number of nitrogens with zero attached hydrogens (tertiary/aromatic N) is 2. The summed E-state index contributed by atoms with van der Waals surface area (Å²) in [5, 5.41) is 0. The first-order chi connectivity index (χ1) is 7.30. The lowest BCUT2D eigenvalue weighted by atomic mass is 9.95. The normalized spacial score (nSPS) is 34.8. The lowest BCUT2D eigenvalue weighted by molar-refractivity contribution is 0.0528. The number of nitrogens with two attached hydrogens (primary N) is 1. The third kappa shape index (κ3) is 2.33. The van der Waals surface area contributed by atoms with E-state index in [1.165, 1.54) is 50.7 Å². The van der Waals surface area contributed by atoms with Gasteiger partial charge in [-0.25, -0.2) is 0 Å². The molecular formula is C11H23N3S. The highest BCUT2D eigenvalue weighted by Gasteiger charge is 2.39. The van der Waals surface area contributed by atoms with Crippen LogP contribution in [0.25, 0.3) is 0 Å². The zero-order valence-electron chi connectivity index (χ0n) is 9.74. The molecule has 0 aromatic heterocycles. The molecule has 2 aliphatic rings. The second-order valence-electron chi connectivity index (χ2n) is 4.65. The number of rotatable bonds is 3. The summed E-state index contributed by atoms with van der Waals surface area (Å²) in [7, 11) is 0. The predicted octanol–water partition coefficient (Wildman–Crippen LogP) is 0.458. The summed E-state index contributed by atoms with van der Waals surface area (Å²) < 4.78 is 0. The summed E-state index contributed by atoms with van der Waals surface area (Å²) in [5.74, 6) is 2.54. The first kappa shape index (κ1) is 11.7. The van der Waals surface area contributed by atoms with Crippen molar-refractivity contribution in [3.05, 3.63) is 0 Å². The van der Waals surface area contributed by atoms with Crippen molar-refractivity contribution in [1.29, 1.82) is 0 Å². The first-order valence-electron chi connectivity index (χ1n) is 6.06. The van der Waals surface area contributed by atoms with Gasteiger partial charge in [-0.1, -0.05) is 6.92 Å². The maximum absolute atomic E-state index is 6.00. The molecule has 88 valence electrons. The Labute approximate surface area is 97.4 Å². The Balaban J connectivity index is 1.93. The molecule has 1 unspecified atom stereocenters. The summed E-state index contributed by atoms with van der Waals surface area (Å²) in [4.78, 5) is 5.18. The minimum atomic E-state index is 0.338. The van der Waals surface area contributed by atoms with Crippen LogP contribution >= 0.6 is 11.8 Å². The van der Waals surface area contributed by atoms with Crippen LogP contribution in [0.1, 0.15) is 13.3 Å². The number of hydrogen-bond donors (Lipinski definition) is 1. The van der Waals surface area contributed by atoms with E-state index in [1.54, 1.807) is 0 Å². The maximum atomic E-state index is 6.00. The minimum Gasteiger partial charge on any atom is -0.329 e. The van der Waals surface area contributed by atoms with Crippen LogP contribution in [0.15, 0.2) is 0 Å². The van der Waals surface area contributed by atoms with Crippen LogP contribution in [0.4, 0.5) is 0 Å². The van der Waals surface area contributed by atoms with Crippen LogP contribution in [-0.4, -0.2) is 66.1 Å². The van der Waals surface area contributed by atoms with Gasteiger partial charge in [-0.3, -0.25) is 4.90 Å². The van der Waals surface area contributed by atoms with E-state index in [0.717, 1.165) is 6.54 Å². The average Bonchev–Trinajstić information content (AvgIpc) is 2.79. The molecule has 2 aliphatic heterocycles. The average molecular weight is 229 g/mol. The van der Waals surface area contributed by atoms with Crippen molar-refractivity contribution in [3.8, 4) is 0 Å². The lowest BCUT2D eigenvalue weighted by Crippen LogP contribution is -2.60. The molecule has 0 aliphatic carbocycles. The summed E-state index contributed by atoms with van der Waals surface area (Å²) >= 11 is 2.07. The Kier molecular flexibility index (Phi) is 3.93. The molecule has 0 aromatic carbocycles. The molecule has 2 N–H and O–H groups in total. The quantitative estimate of drug-likeness (QED) is 0.762. The fraction of sp³-hybridized carbons (Fsp3) is 1.00. The summed E-state index contributed by atoms with van der Waals surface area (Å²) in [5.41, 5.74) is 6.34. The van der Waals surface area contributed by atoms with Crippen molar-refractivity contribution in [2.45, 2.75) is 18.9 Å². The summed E-state index contributed by atoms with van der Waals surface area (Å²) in [6.45, 7) is 9.16. The molecule has 2 fully saturated rings. The van der Waals surface area contributed by atoms with Gasteiger partial charge >= 0.3 is 0 Å². The van der Waals surface area contributed by atoms with Crippen molar-refractivity contribution in [2.75, 3.05) is 50.8 Å². The van der Waals surface area contributed by atoms with Crippen molar-refractivity contribution in [2.24, 2.45) is 5.73 Å². The number of piperazine rings is 1. The minimum absolute atomic E-state index is 0.338. The largest absolute Gasteiger partial charge is 0.329 e. The lowest BCUT2D eigenvalue weighted by Gasteiger charge is -2.45. The van der Waals surface area contributed by atoms with Gasteiger partial charge in [0.25, 0.3) is 0 Å². The zero-order valence-corrected chi connectivity index (χ0v) is 10.6. The molecule has 4 heteroatoms. The molecule has 0 radical (unpaired) electrons. The molecule has 1 atom stereocenters. The van der Waals surface area contributed by atoms with Crippen molar-refractivity contribution in [3.63, 3.8) is 0 Å². The standard InChI is InChI=1S/C11H23N3S/c1-2-13-4-6-14(7-5-13)11(9-12)3-8-15-10-11/h2-10,12H2,1H3. The SMILES string of the molecule is CCN1CCN(C2(CN)CCSC2)CC1. The van der Waals surface area contributed by atoms with Gasteiger partial charge in [0.15, 0.2) is 0 Å². The van der Waals surface area contributed by atoms with E-state index in [0.29, 0.717) is 5.54 Å². The highest BCUT2D eigenvalue weighted by molar-refractivity contribution is 7.99. The molecule has 0 amide bonds. The summed E-state index contributed by atoms with van der Waals surface area (Å²) in [6, 6.07) is 0. The van der Waals surface area contributed by atoms with Gasteiger partial charge < -0.3 is 10.6 Å². The highest BCUT2D eigenvalue weighted by atomic mass is 32.2. The van der Waals surface area contributed by atoms with Crippen molar-refractivity contribution < 1.29 is 0 Å². The van der Waals surface area contributed by atoms with E-state index in [4.69, 9.17) is 5.73 Å².